The smallest absolute Gasteiger partial charge is 0.255 e. The second-order valence-electron chi connectivity index (χ2n) is 5.88. The van der Waals surface area contributed by atoms with Gasteiger partial charge in [-0.25, -0.2) is 0 Å². The van der Waals surface area contributed by atoms with Gasteiger partial charge in [0.15, 0.2) is 18.1 Å². The van der Waals surface area contributed by atoms with Crippen LogP contribution in [0.25, 0.3) is 0 Å². The molecule has 8 nitrogen and oxygen atoms in total. The highest BCUT2D eigenvalue weighted by atomic mass is 16.7. The number of para-hydroxylation sites is 1. The molecule has 1 amide bonds. The summed E-state index contributed by atoms with van der Waals surface area (Å²) in [6, 6.07) is 12.6. The average molecular weight is 367 g/mol. The first-order chi connectivity index (χ1) is 13.2. The van der Waals surface area contributed by atoms with E-state index in [2.05, 4.69) is 15.5 Å². The summed E-state index contributed by atoms with van der Waals surface area (Å²) in [5.41, 5.74) is 1.34. The molecule has 1 N–H and O–H groups in total. The van der Waals surface area contributed by atoms with Gasteiger partial charge in [0.05, 0.1) is 5.56 Å². The van der Waals surface area contributed by atoms with Crippen LogP contribution >= 0.6 is 0 Å². The van der Waals surface area contributed by atoms with Crippen molar-refractivity contribution in [2.75, 3.05) is 6.79 Å². The van der Waals surface area contributed by atoms with Crippen molar-refractivity contribution < 1.29 is 23.5 Å². The fourth-order valence-electron chi connectivity index (χ4n) is 2.65. The summed E-state index contributed by atoms with van der Waals surface area (Å²) in [5, 5.41) is 6.66. The maximum atomic E-state index is 12.6. The lowest BCUT2D eigenvalue weighted by Crippen LogP contribution is -2.23. The van der Waals surface area contributed by atoms with Gasteiger partial charge in [-0.2, -0.15) is 4.98 Å². The predicted molar refractivity (Wildman–Crippen MR) is 93.5 cm³/mol. The number of hydrogen-bond acceptors (Lipinski definition) is 7. The van der Waals surface area contributed by atoms with Crippen molar-refractivity contribution in [3.63, 3.8) is 0 Å². The second-order valence-corrected chi connectivity index (χ2v) is 5.88. The van der Waals surface area contributed by atoms with Crippen LogP contribution in [-0.2, 0) is 13.2 Å². The molecule has 0 bridgehead atoms. The molecule has 138 valence electrons. The molecule has 0 atom stereocenters. The van der Waals surface area contributed by atoms with Crippen molar-refractivity contribution >= 4 is 5.91 Å². The molecule has 0 aliphatic carbocycles. The van der Waals surface area contributed by atoms with Crippen molar-refractivity contribution in [1.82, 2.24) is 15.5 Å². The van der Waals surface area contributed by atoms with E-state index >= 15 is 0 Å². The number of ether oxygens (including phenoxy) is 3. The van der Waals surface area contributed by atoms with Crippen LogP contribution in [-0.4, -0.2) is 22.8 Å². The van der Waals surface area contributed by atoms with Crippen LogP contribution in [0.1, 0.15) is 27.6 Å². The first-order valence-electron chi connectivity index (χ1n) is 8.37. The lowest BCUT2D eigenvalue weighted by molar-refractivity contribution is 0.0946. The highest BCUT2D eigenvalue weighted by molar-refractivity contribution is 5.96. The summed E-state index contributed by atoms with van der Waals surface area (Å²) in [6.07, 6.45) is 0. The number of hydrogen-bond donors (Lipinski definition) is 1. The zero-order valence-corrected chi connectivity index (χ0v) is 14.6. The lowest BCUT2D eigenvalue weighted by atomic mass is 10.1. The van der Waals surface area contributed by atoms with E-state index in [-0.39, 0.29) is 19.3 Å². The highest BCUT2D eigenvalue weighted by Gasteiger charge is 2.15. The number of nitrogens with zero attached hydrogens (tertiary/aromatic N) is 2. The molecular weight excluding hydrogens is 350 g/mol. The van der Waals surface area contributed by atoms with Crippen molar-refractivity contribution in [3.05, 3.63) is 65.3 Å². The molecule has 8 heteroatoms. The Balaban J connectivity index is 1.41. The summed E-state index contributed by atoms with van der Waals surface area (Å²) in [7, 11) is 0. The summed E-state index contributed by atoms with van der Waals surface area (Å²) in [4.78, 5) is 16.7. The highest BCUT2D eigenvalue weighted by Crippen LogP contribution is 2.32. The van der Waals surface area contributed by atoms with E-state index in [0.717, 1.165) is 5.56 Å². The average Bonchev–Trinajstić information content (AvgIpc) is 3.32. The minimum absolute atomic E-state index is 0.115. The maximum Gasteiger partial charge on any atom is 0.255 e. The summed E-state index contributed by atoms with van der Waals surface area (Å²) in [6.45, 7) is 2.39. The van der Waals surface area contributed by atoms with Gasteiger partial charge in [0, 0.05) is 13.5 Å². The number of benzene rings is 2. The first-order valence-corrected chi connectivity index (χ1v) is 8.37. The number of aromatic nitrogens is 2. The molecule has 0 radical (unpaired) electrons. The van der Waals surface area contributed by atoms with Crippen LogP contribution < -0.4 is 19.5 Å². The van der Waals surface area contributed by atoms with Crippen LogP contribution in [0.5, 0.6) is 17.2 Å². The third kappa shape index (κ3) is 3.84. The molecule has 1 aliphatic rings. The second kappa shape index (κ2) is 7.36. The largest absolute Gasteiger partial charge is 0.485 e. The van der Waals surface area contributed by atoms with Gasteiger partial charge in [0.1, 0.15) is 5.75 Å². The van der Waals surface area contributed by atoms with E-state index in [1.807, 2.05) is 18.2 Å². The van der Waals surface area contributed by atoms with Gasteiger partial charge in [-0.3, -0.25) is 4.79 Å². The molecule has 0 fully saturated rings. The monoisotopic (exact) mass is 367 g/mol. The summed E-state index contributed by atoms with van der Waals surface area (Å²) >= 11 is 0. The molecule has 0 saturated heterocycles. The van der Waals surface area contributed by atoms with Crippen molar-refractivity contribution in [2.24, 2.45) is 0 Å². The molecule has 1 aromatic heterocycles. The number of aryl methyl sites for hydroxylation is 1. The van der Waals surface area contributed by atoms with Gasteiger partial charge in [-0.1, -0.05) is 23.4 Å². The minimum atomic E-state index is -0.243. The molecule has 27 heavy (non-hydrogen) atoms. The SMILES string of the molecule is Cc1nc(COc2ccccc2C(=O)NCc2ccc3c(c2)OCO3)no1. The lowest BCUT2D eigenvalue weighted by Gasteiger charge is -2.11. The topological polar surface area (TPSA) is 95.7 Å². The quantitative estimate of drug-likeness (QED) is 0.715. The van der Waals surface area contributed by atoms with E-state index in [4.69, 9.17) is 18.7 Å². The van der Waals surface area contributed by atoms with Crippen LogP contribution in [0.2, 0.25) is 0 Å². The number of carbonyl (C=O) groups excluding carboxylic acids is 1. The normalized spacial score (nSPS) is 12.0. The van der Waals surface area contributed by atoms with Crippen molar-refractivity contribution in [2.45, 2.75) is 20.1 Å². The van der Waals surface area contributed by atoms with Gasteiger partial charge in [-0.15, -0.1) is 0 Å². The van der Waals surface area contributed by atoms with Gasteiger partial charge in [-0.05, 0) is 29.8 Å². The predicted octanol–water partition coefficient (Wildman–Crippen LogP) is 2.62. The molecular formula is C19H17N3O5. The number of rotatable bonds is 6. The Kier molecular flexibility index (Phi) is 4.61. The Bertz CT molecular complexity index is 969. The Hall–Kier alpha value is -3.55. The van der Waals surface area contributed by atoms with Crippen LogP contribution in [0.4, 0.5) is 0 Å². The molecule has 2 aromatic carbocycles. The summed E-state index contributed by atoms with van der Waals surface area (Å²) in [5.74, 6) is 2.48. The zero-order valence-electron chi connectivity index (χ0n) is 14.6. The Labute approximate surface area is 155 Å². The van der Waals surface area contributed by atoms with E-state index in [1.165, 1.54) is 0 Å². The van der Waals surface area contributed by atoms with Gasteiger partial charge in [0.25, 0.3) is 5.91 Å². The van der Waals surface area contributed by atoms with E-state index in [1.54, 1.807) is 31.2 Å². The first kappa shape index (κ1) is 16.9. The third-order valence-corrected chi connectivity index (χ3v) is 3.95. The maximum absolute atomic E-state index is 12.6. The van der Waals surface area contributed by atoms with Crippen LogP contribution in [0.3, 0.4) is 0 Å². The molecule has 4 rings (SSSR count). The molecule has 0 saturated carbocycles. The molecule has 1 aliphatic heterocycles. The van der Waals surface area contributed by atoms with E-state index in [0.29, 0.717) is 41.1 Å². The number of nitrogens with one attached hydrogen (secondary N) is 1. The van der Waals surface area contributed by atoms with Gasteiger partial charge < -0.3 is 24.1 Å². The van der Waals surface area contributed by atoms with Crippen molar-refractivity contribution in [1.29, 1.82) is 0 Å². The Morgan fingerprint density at radius 3 is 2.89 bits per heavy atom. The molecule has 0 spiro atoms. The number of fused-ring (bicyclic) bond motifs is 1. The number of amides is 1. The van der Waals surface area contributed by atoms with Gasteiger partial charge in [0.2, 0.25) is 18.5 Å². The fourth-order valence-corrected chi connectivity index (χ4v) is 2.65. The molecule has 0 unspecified atom stereocenters. The Morgan fingerprint density at radius 1 is 1.19 bits per heavy atom. The Morgan fingerprint density at radius 2 is 2.04 bits per heavy atom. The third-order valence-electron chi connectivity index (χ3n) is 3.95. The van der Waals surface area contributed by atoms with Crippen molar-refractivity contribution in [3.8, 4) is 17.2 Å². The van der Waals surface area contributed by atoms with E-state index < -0.39 is 0 Å². The fraction of sp³-hybridized carbons (Fsp3) is 0.211. The standard InChI is InChI=1S/C19H17N3O5/c1-12-21-18(22-27-12)10-24-15-5-3-2-4-14(15)19(23)20-9-13-6-7-16-17(8-13)26-11-25-16/h2-8H,9-11H2,1H3,(H,20,23). The molecule has 2 heterocycles. The zero-order chi connectivity index (χ0) is 18.6. The number of carbonyl (C=O) groups is 1. The van der Waals surface area contributed by atoms with Crippen LogP contribution in [0.15, 0.2) is 47.0 Å². The molecule has 3 aromatic rings. The summed E-state index contributed by atoms with van der Waals surface area (Å²) < 4.78 is 21.2. The minimum Gasteiger partial charge on any atom is -0.485 e. The van der Waals surface area contributed by atoms with E-state index in [9.17, 15) is 4.79 Å². The van der Waals surface area contributed by atoms with Gasteiger partial charge >= 0.3 is 0 Å². The van der Waals surface area contributed by atoms with Crippen LogP contribution in [0, 0.1) is 6.92 Å².